The number of nitrogens with two attached hydrogens (primary N) is 1. The van der Waals surface area contributed by atoms with Gasteiger partial charge in [-0.2, -0.15) is 26.3 Å². The summed E-state index contributed by atoms with van der Waals surface area (Å²) >= 11 is 0. The third kappa shape index (κ3) is 2.74. The smallest absolute Gasteiger partial charge is 0.398 e. The lowest BCUT2D eigenvalue weighted by atomic mass is 9.98. The largest absolute Gasteiger partial charge is 0.419 e. The molecule has 0 saturated heterocycles. The van der Waals surface area contributed by atoms with E-state index in [-0.39, 0.29) is 12.1 Å². The van der Waals surface area contributed by atoms with Crippen LogP contribution in [0.25, 0.3) is 0 Å². The summed E-state index contributed by atoms with van der Waals surface area (Å²) < 4.78 is 74.9. The van der Waals surface area contributed by atoms with Gasteiger partial charge in [-0.25, -0.2) is 0 Å². The number of halogens is 6. The van der Waals surface area contributed by atoms with Crippen LogP contribution in [0, 0.1) is 0 Å². The topological polar surface area (TPSA) is 43.1 Å². The number of benzene rings is 1. The van der Waals surface area contributed by atoms with Gasteiger partial charge >= 0.3 is 12.4 Å². The molecule has 0 amide bonds. The quantitative estimate of drug-likeness (QED) is 0.482. The Labute approximate surface area is 97.4 Å². The van der Waals surface area contributed by atoms with Gasteiger partial charge in [0.2, 0.25) is 0 Å². The van der Waals surface area contributed by atoms with E-state index >= 15 is 0 Å². The van der Waals surface area contributed by atoms with Crippen LogP contribution in [0.15, 0.2) is 12.1 Å². The summed E-state index contributed by atoms with van der Waals surface area (Å²) in [5.41, 5.74) is -0.170. The van der Waals surface area contributed by atoms with Gasteiger partial charge in [0, 0.05) is 11.3 Å². The first-order valence-corrected chi connectivity index (χ1v) is 4.53. The highest BCUT2D eigenvalue weighted by atomic mass is 19.4. The molecule has 0 heterocycles. The lowest BCUT2D eigenvalue weighted by molar-refractivity contribution is -0.141. The Morgan fingerprint density at radius 3 is 1.89 bits per heavy atom. The molecule has 0 spiro atoms. The van der Waals surface area contributed by atoms with E-state index in [0.29, 0.717) is 0 Å². The molecule has 0 aliphatic carbocycles. The average molecular weight is 271 g/mol. The second-order valence-electron chi connectivity index (χ2n) is 3.54. The van der Waals surface area contributed by atoms with Crippen molar-refractivity contribution >= 4 is 11.5 Å². The van der Waals surface area contributed by atoms with Crippen molar-refractivity contribution in [1.82, 2.24) is 0 Å². The van der Waals surface area contributed by atoms with Crippen LogP contribution in [0.2, 0.25) is 0 Å². The Balaban J connectivity index is 3.62. The molecule has 2 N–H and O–H groups in total. The minimum Gasteiger partial charge on any atom is -0.398 e. The summed E-state index contributed by atoms with van der Waals surface area (Å²) in [5, 5.41) is 0. The SMILES string of the molecule is CC(=O)c1cc(C(F)(F)F)cc(N)c1C(F)(F)F. The fraction of sp³-hybridized carbons (Fsp3) is 0.300. The number of carbonyl (C=O) groups excluding carboxylic acids is 1. The Morgan fingerprint density at radius 1 is 1.06 bits per heavy atom. The maximum absolute atomic E-state index is 12.6. The van der Waals surface area contributed by atoms with Crippen LogP contribution in [-0.4, -0.2) is 5.78 Å². The monoisotopic (exact) mass is 271 g/mol. The minimum atomic E-state index is -4.99. The van der Waals surface area contributed by atoms with Gasteiger partial charge in [-0.15, -0.1) is 0 Å². The van der Waals surface area contributed by atoms with Crippen LogP contribution < -0.4 is 5.73 Å². The number of Topliss-reactive ketones (excluding diaryl/α,β-unsaturated/α-hetero) is 1. The molecule has 0 atom stereocenters. The second-order valence-corrected chi connectivity index (χ2v) is 3.54. The first-order chi connectivity index (χ1) is 7.94. The summed E-state index contributed by atoms with van der Waals surface area (Å²) in [6.45, 7) is 0.740. The molecular weight excluding hydrogens is 264 g/mol. The van der Waals surface area contributed by atoms with Crippen molar-refractivity contribution in [1.29, 1.82) is 0 Å². The molecule has 0 fully saturated rings. The van der Waals surface area contributed by atoms with Crippen molar-refractivity contribution in [3.8, 4) is 0 Å². The highest BCUT2D eigenvalue weighted by molar-refractivity contribution is 5.97. The molecule has 1 aromatic rings. The molecule has 0 aliphatic heterocycles. The fourth-order valence-corrected chi connectivity index (χ4v) is 1.42. The number of anilines is 1. The molecule has 1 rings (SSSR count). The molecule has 100 valence electrons. The molecule has 0 aliphatic rings. The lowest BCUT2D eigenvalue weighted by Gasteiger charge is -2.16. The normalized spacial score (nSPS) is 12.6. The van der Waals surface area contributed by atoms with Crippen LogP contribution in [0.5, 0.6) is 0 Å². The number of hydrogen-bond acceptors (Lipinski definition) is 2. The van der Waals surface area contributed by atoms with Crippen molar-refractivity contribution in [2.24, 2.45) is 0 Å². The summed E-state index contributed by atoms with van der Waals surface area (Å²) in [6, 6.07) is 0.316. The second kappa shape index (κ2) is 4.18. The number of rotatable bonds is 1. The molecule has 1 aromatic carbocycles. The van der Waals surface area contributed by atoms with Crippen molar-refractivity contribution in [3.05, 3.63) is 28.8 Å². The van der Waals surface area contributed by atoms with Crippen molar-refractivity contribution < 1.29 is 31.1 Å². The van der Waals surface area contributed by atoms with Gasteiger partial charge in [0.25, 0.3) is 0 Å². The van der Waals surface area contributed by atoms with Crippen LogP contribution in [0.3, 0.4) is 0 Å². The van der Waals surface area contributed by atoms with E-state index in [1.165, 1.54) is 0 Å². The van der Waals surface area contributed by atoms with Gasteiger partial charge < -0.3 is 5.73 Å². The van der Waals surface area contributed by atoms with E-state index < -0.39 is 40.5 Å². The number of ketones is 1. The maximum atomic E-state index is 12.6. The lowest BCUT2D eigenvalue weighted by Crippen LogP contribution is -2.17. The molecule has 0 saturated carbocycles. The zero-order valence-corrected chi connectivity index (χ0v) is 8.91. The summed E-state index contributed by atoms with van der Waals surface area (Å²) in [6.07, 6.45) is -9.86. The van der Waals surface area contributed by atoms with E-state index in [0.717, 1.165) is 6.92 Å². The molecule has 0 unspecified atom stereocenters. The predicted molar refractivity (Wildman–Crippen MR) is 50.9 cm³/mol. The zero-order chi connectivity index (χ0) is 14.3. The summed E-state index contributed by atoms with van der Waals surface area (Å²) in [7, 11) is 0. The standard InChI is InChI=1S/C10H7F6NO/c1-4(18)6-2-5(9(11,12)13)3-7(17)8(6)10(14,15)16/h2-3H,17H2,1H3. The number of alkyl halides is 6. The number of hydrogen-bond donors (Lipinski definition) is 1. The summed E-state index contributed by atoms with van der Waals surface area (Å²) in [4.78, 5) is 11.0. The first kappa shape index (κ1) is 14.3. The van der Waals surface area contributed by atoms with Crippen LogP contribution >= 0.6 is 0 Å². The third-order valence-corrected chi connectivity index (χ3v) is 2.16. The highest BCUT2D eigenvalue weighted by Crippen LogP contribution is 2.40. The maximum Gasteiger partial charge on any atom is 0.419 e. The van der Waals surface area contributed by atoms with Gasteiger partial charge in [0.1, 0.15) is 0 Å². The third-order valence-electron chi connectivity index (χ3n) is 2.16. The first-order valence-electron chi connectivity index (χ1n) is 4.53. The van der Waals surface area contributed by atoms with Crippen molar-refractivity contribution in [2.75, 3.05) is 5.73 Å². The number of carbonyl (C=O) groups is 1. The van der Waals surface area contributed by atoms with E-state index in [9.17, 15) is 31.1 Å². The molecule has 0 aromatic heterocycles. The highest BCUT2D eigenvalue weighted by Gasteiger charge is 2.40. The predicted octanol–water partition coefficient (Wildman–Crippen LogP) is 3.51. The molecule has 18 heavy (non-hydrogen) atoms. The van der Waals surface area contributed by atoms with Gasteiger partial charge in [0.05, 0.1) is 11.1 Å². The molecule has 0 radical (unpaired) electrons. The summed E-state index contributed by atoms with van der Waals surface area (Å²) in [5.74, 6) is -1.14. The Kier molecular flexibility index (Phi) is 3.33. The van der Waals surface area contributed by atoms with E-state index in [2.05, 4.69) is 0 Å². The molecule has 2 nitrogen and oxygen atoms in total. The van der Waals surface area contributed by atoms with E-state index in [1.54, 1.807) is 0 Å². The van der Waals surface area contributed by atoms with Crippen LogP contribution in [0.1, 0.15) is 28.4 Å². The molecular formula is C10H7F6NO. The van der Waals surface area contributed by atoms with Crippen LogP contribution in [0.4, 0.5) is 32.0 Å². The Morgan fingerprint density at radius 2 is 1.56 bits per heavy atom. The fourth-order valence-electron chi connectivity index (χ4n) is 1.42. The van der Waals surface area contributed by atoms with Gasteiger partial charge in [-0.3, -0.25) is 4.79 Å². The Bertz CT molecular complexity index is 488. The zero-order valence-electron chi connectivity index (χ0n) is 8.91. The minimum absolute atomic E-state index is 0.154. The van der Waals surface area contributed by atoms with Gasteiger partial charge in [0.15, 0.2) is 5.78 Å². The van der Waals surface area contributed by atoms with Gasteiger partial charge in [-0.05, 0) is 19.1 Å². The van der Waals surface area contributed by atoms with Gasteiger partial charge in [-0.1, -0.05) is 0 Å². The van der Waals surface area contributed by atoms with E-state index in [4.69, 9.17) is 5.73 Å². The molecule has 0 bridgehead atoms. The van der Waals surface area contributed by atoms with Crippen molar-refractivity contribution in [2.45, 2.75) is 19.3 Å². The van der Waals surface area contributed by atoms with Crippen molar-refractivity contribution in [3.63, 3.8) is 0 Å². The van der Waals surface area contributed by atoms with E-state index in [1.807, 2.05) is 0 Å². The Hall–Kier alpha value is -1.73. The van der Waals surface area contributed by atoms with Crippen LogP contribution in [-0.2, 0) is 12.4 Å². The molecule has 8 heteroatoms. The number of nitrogen functional groups attached to an aromatic ring is 1. The average Bonchev–Trinajstić information content (AvgIpc) is 2.12.